The highest BCUT2D eigenvalue weighted by atomic mass is 32.1. The van der Waals surface area contributed by atoms with Crippen molar-refractivity contribution in [2.24, 2.45) is 5.92 Å². The van der Waals surface area contributed by atoms with Gasteiger partial charge in [0.25, 0.3) is 5.56 Å². The zero-order chi connectivity index (χ0) is 23.2. The highest BCUT2D eigenvalue weighted by molar-refractivity contribution is 7.18. The lowest BCUT2D eigenvalue weighted by Gasteiger charge is -2.24. The number of aromatic nitrogens is 2. The van der Waals surface area contributed by atoms with Crippen molar-refractivity contribution in [3.05, 3.63) is 50.8 Å². The van der Waals surface area contributed by atoms with E-state index in [1.165, 1.54) is 10.4 Å². The number of fused-ring (bicyclic) bond motifs is 3. The maximum Gasteiger partial charge on any atom is 0.259 e. The van der Waals surface area contributed by atoms with Crippen LogP contribution in [0, 0.1) is 5.92 Å². The number of hydrogen-bond donors (Lipinski definition) is 2. The Hall–Kier alpha value is -2.04. The number of nitrogens with zero attached hydrogens (tertiary/aromatic N) is 2. The molecular weight excluding hydrogens is 442 g/mol. The van der Waals surface area contributed by atoms with Crippen molar-refractivity contribution >= 4 is 21.6 Å². The number of hydrogen-bond acceptors (Lipinski definition) is 8. The fourth-order valence-corrected chi connectivity index (χ4v) is 5.79. The van der Waals surface area contributed by atoms with E-state index in [4.69, 9.17) is 18.9 Å². The topological polar surface area (TPSA) is 101 Å². The number of aromatic amines is 1. The van der Waals surface area contributed by atoms with Crippen LogP contribution in [-0.2, 0) is 35.5 Å². The Morgan fingerprint density at radius 2 is 2.33 bits per heavy atom. The number of aryl methyl sites for hydroxylation is 1. The number of ether oxygens (including phenoxy) is 2. The molecule has 33 heavy (non-hydrogen) atoms. The van der Waals surface area contributed by atoms with E-state index in [9.17, 15) is 9.90 Å². The Kier molecular flexibility index (Phi) is 8.32. The van der Waals surface area contributed by atoms with Gasteiger partial charge in [-0.2, -0.15) is 0 Å². The Labute approximate surface area is 197 Å². The van der Waals surface area contributed by atoms with E-state index in [-0.39, 0.29) is 12.2 Å². The smallest absolute Gasteiger partial charge is 0.259 e. The molecule has 4 rings (SSSR count). The molecule has 0 bridgehead atoms. The van der Waals surface area contributed by atoms with E-state index in [2.05, 4.69) is 16.8 Å². The van der Waals surface area contributed by atoms with E-state index in [0.717, 1.165) is 41.7 Å². The summed E-state index contributed by atoms with van der Waals surface area (Å²) in [5.74, 6) is 2.00. The lowest BCUT2D eigenvalue weighted by molar-refractivity contribution is 0.00246. The Bertz CT molecular complexity index is 1080. The minimum absolute atomic E-state index is 0.0544. The summed E-state index contributed by atoms with van der Waals surface area (Å²) in [7, 11) is 1.67. The summed E-state index contributed by atoms with van der Waals surface area (Å²) in [6, 6.07) is 3.65. The van der Waals surface area contributed by atoms with E-state index in [0.29, 0.717) is 44.6 Å². The SMILES string of the molecule is COCCCN(Cc1nc2sc3c(c2c(=O)[nH]1)CC[C@@H](C)C3)C[C@H](O)COCc1ccco1. The fourth-order valence-electron chi connectivity index (χ4n) is 4.39. The fraction of sp³-hybridized carbons (Fsp3) is 0.583. The summed E-state index contributed by atoms with van der Waals surface area (Å²) in [4.78, 5) is 24.9. The molecule has 0 saturated carbocycles. The molecule has 3 aromatic heterocycles. The van der Waals surface area contributed by atoms with Crippen LogP contribution >= 0.6 is 11.3 Å². The predicted molar refractivity (Wildman–Crippen MR) is 128 cm³/mol. The second-order valence-corrected chi connectivity index (χ2v) is 9.96. The van der Waals surface area contributed by atoms with Gasteiger partial charge in [-0.15, -0.1) is 11.3 Å². The van der Waals surface area contributed by atoms with Gasteiger partial charge in [-0.05, 0) is 49.3 Å². The number of methoxy groups -OCH3 is 1. The van der Waals surface area contributed by atoms with Crippen LogP contribution in [-0.4, -0.2) is 59.5 Å². The van der Waals surface area contributed by atoms with Gasteiger partial charge in [0, 0.05) is 31.7 Å². The molecule has 0 aliphatic heterocycles. The second kappa shape index (κ2) is 11.4. The predicted octanol–water partition coefficient (Wildman–Crippen LogP) is 3.12. The molecule has 0 aromatic carbocycles. The largest absolute Gasteiger partial charge is 0.467 e. The van der Waals surface area contributed by atoms with Crippen LogP contribution in [0.3, 0.4) is 0 Å². The minimum atomic E-state index is -0.673. The van der Waals surface area contributed by atoms with Gasteiger partial charge >= 0.3 is 0 Å². The zero-order valence-electron chi connectivity index (χ0n) is 19.3. The molecule has 8 nitrogen and oxygen atoms in total. The molecule has 0 saturated heterocycles. The van der Waals surface area contributed by atoms with Crippen molar-refractivity contribution in [1.82, 2.24) is 14.9 Å². The first-order valence-electron chi connectivity index (χ1n) is 11.6. The molecule has 0 radical (unpaired) electrons. The summed E-state index contributed by atoms with van der Waals surface area (Å²) in [5.41, 5.74) is 1.13. The summed E-state index contributed by atoms with van der Waals surface area (Å²) in [5, 5.41) is 11.3. The van der Waals surface area contributed by atoms with Crippen LogP contribution in [0.4, 0.5) is 0 Å². The van der Waals surface area contributed by atoms with Crippen molar-refractivity contribution in [2.75, 3.05) is 33.4 Å². The van der Waals surface area contributed by atoms with Crippen molar-refractivity contribution in [2.45, 2.75) is 51.9 Å². The van der Waals surface area contributed by atoms with Crippen LogP contribution in [0.15, 0.2) is 27.6 Å². The quantitative estimate of drug-likeness (QED) is 0.388. The maximum absolute atomic E-state index is 12.9. The van der Waals surface area contributed by atoms with E-state index >= 15 is 0 Å². The number of aliphatic hydroxyl groups is 1. The Morgan fingerprint density at radius 1 is 1.45 bits per heavy atom. The van der Waals surface area contributed by atoms with Gasteiger partial charge in [0.2, 0.25) is 0 Å². The molecule has 9 heteroatoms. The Morgan fingerprint density at radius 3 is 3.12 bits per heavy atom. The number of rotatable bonds is 12. The number of thiophene rings is 1. The Balaban J connectivity index is 1.43. The maximum atomic E-state index is 12.9. The molecule has 180 valence electrons. The molecule has 3 aromatic rings. The van der Waals surface area contributed by atoms with Gasteiger partial charge in [-0.3, -0.25) is 9.69 Å². The average Bonchev–Trinajstić information content (AvgIpc) is 3.41. The third-order valence-electron chi connectivity index (χ3n) is 6.01. The van der Waals surface area contributed by atoms with Crippen LogP contribution in [0.5, 0.6) is 0 Å². The minimum Gasteiger partial charge on any atom is -0.467 e. The van der Waals surface area contributed by atoms with Crippen LogP contribution in [0.1, 0.15) is 41.8 Å². The molecule has 1 aliphatic carbocycles. The van der Waals surface area contributed by atoms with Crippen molar-refractivity contribution < 1.29 is 19.0 Å². The second-order valence-electron chi connectivity index (χ2n) is 8.87. The molecule has 2 N–H and O–H groups in total. The number of furan rings is 1. The first kappa shape index (κ1) is 24.1. The molecule has 0 amide bonds. The summed E-state index contributed by atoms with van der Waals surface area (Å²) in [6.07, 6.45) is 4.84. The normalized spacial score (nSPS) is 17.0. The van der Waals surface area contributed by atoms with Crippen molar-refractivity contribution in [3.8, 4) is 0 Å². The molecule has 0 spiro atoms. The van der Waals surface area contributed by atoms with Crippen LogP contribution < -0.4 is 5.56 Å². The average molecular weight is 476 g/mol. The molecule has 0 fully saturated rings. The first-order chi connectivity index (χ1) is 16.0. The zero-order valence-corrected chi connectivity index (χ0v) is 20.2. The lowest BCUT2D eigenvalue weighted by atomic mass is 9.89. The van der Waals surface area contributed by atoms with Crippen molar-refractivity contribution in [1.29, 1.82) is 0 Å². The van der Waals surface area contributed by atoms with E-state index in [1.807, 2.05) is 12.1 Å². The standard InChI is InChI=1S/C24H33N3O5S/c1-16-6-7-19-20(11-16)33-24-22(19)23(29)25-21(26-24)13-27(8-4-9-30-2)12-17(28)14-31-15-18-5-3-10-32-18/h3,5,10,16-17,28H,4,6-9,11-15H2,1-2H3,(H,25,26,29)/t16-,17+/m1/s1. The summed E-state index contributed by atoms with van der Waals surface area (Å²) >= 11 is 1.66. The third-order valence-corrected chi connectivity index (χ3v) is 7.16. The van der Waals surface area contributed by atoms with Gasteiger partial charge in [0.1, 0.15) is 23.0 Å². The van der Waals surface area contributed by atoms with Gasteiger partial charge in [0.15, 0.2) is 0 Å². The number of aliphatic hydroxyl groups excluding tert-OH is 1. The molecule has 1 aliphatic rings. The number of H-pyrrole nitrogens is 1. The third kappa shape index (κ3) is 6.30. The van der Waals surface area contributed by atoms with Gasteiger partial charge in [-0.1, -0.05) is 6.92 Å². The first-order valence-corrected chi connectivity index (χ1v) is 12.4. The van der Waals surface area contributed by atoms with E-state index in [1.54, 1.807) is 24.7 Å². The highest BCUT2D eigenvalue weighted by Gasteiger charge is 2.23. The van der Waals surface area contributed by atoms with Crippen molar-refractivity contribution in [3.63, 3.8) is 0 Å². The monoisotopic (exact) mass is 475 g/mol. The van der Waals surface area contributed by atoms with E-state index < -0.39 is 6.10 Å². The van der Waals surface area contributed by atoms with Gasteiger partial charge < -0.3 is 24.0 Å². The lowest BCUT2D eigenvalue weighted by Crippen LogP contribution is -2.36. The summed E-state index contributed by atoms with van der Waals surface area (Å²) in [6.45, 7) is 4.97. The molecule has 2 atom stereocenters. The van der Waals surface area contributed by atoms with Gasteiger partial charge in [-0.25, -0.2) is 4.98 Å². The highest BCUT2D eigenvalue weighted by Crippen LogP contribution is 2.35. The number of nitrogens with one attached hydrogen (secondary N) is 1. The summed E-state index contributed by atoms with van der Waals surface area (Å²) < 4.78 is 16.0. The molecule has 0 unspecified atom stereocenters. The van der Waals surface area contributed by atoms with Crippen LogP contribution in [0.2, 0.25) is 0 Å². The molecule has 3 heterocycles. The van der Waals surface area contributed by atoms with Crippen LogP contribution in [0.25, 0.3) is 10.2 Å². The van der Waals surface area contributed by atoms with Gasteiger partial charge in [0.05, 0.1) is 30.9 Å². The molecular formula is C24H33N3O5S.